The van der Waals surface area contributed by atoms with Crippen LogP contribution in [0.1, 0.15) is 35.2 Å². The number of nitrogens with one attached hydrogen (secondary N) is 1. The molecule has 1 saturated heterocycles. The maximum Gasteiger partial charge on any atom is 0.255 e. The van der Waals surface area contributed by atoms with Crippen molar-refractivity contribution < 1.29 is 13.9 Å². The number of carbonyl (C=O) groups excluding carboxylic acids is 1. The summed E-state index contributed by atoms with van der Waals surface area (Å²) in [5.41, 5.74) is 0.343. The molecule has 0 bridgehead atoms. The Labute approximate surface area is 138 Å². The first-order valence-corrected chi connectivity index (χ1v) is 8.23. The molecular weight excluding hydrogens is 311 g/mol. The summed E-state index contributed by atoms with van der Waals surface area (Å²) in [6, 6.07) is 4.38. The number of aromatic amines is 1. The second-order valence-electron chi connectivity index (χ2n) is 6.80. The Morgan fingerprint density at radius 3 is 2.83 bits per heavy atom. The first-order chi connectivity index (χ1) is 11.5. The fourth-order valence-corrected chi connectivity index (χ4v) is 3.82. The van der Waals surface area contributed by atoms with Gasteiger partial charge >= 0.3 is 0 Å². The van der Waals surface area contributed by atoms with Gasteiger partial charge in [-0.25, -0.2) is 4.39 Å². The Balaban J connectivity index is 1.86. The molecule has 2 heterocycles. The molecule has 1 spiro atoms. The number of morpholine rings is 1. The van der Waals surface area contributed by atoms with Crippen molar-refractivity contribution in [1.29, 1.82) is 0 Å². The fourth-order valence-electron chi connectivity index (χ4n) is 3.82. The Morgan fingerprint density at radius 2 is 2.12 bits per heavy atom. The van der Waals surface area contributed by atoms with Gasteiger partial charge in [0.1, 0.15) is 5.82 Å². The minimum atomic E-state index is -0.517. The van der Waals surface area contributed by atoms with E-state index in [0.29, 0.717) is 30.7 Å². The SMILES string of the molecule is Cc1cc(F)c2[nH]c(=O)cc(C(=O)N3CCOCC34CCC4)c2c1. The molecular formula is C18H19FN2O3. The summed E-state index contributed by atoms with van der Waals surface area (Å²) in [5.74, 6) is -0.726. The van der Waals surface area contributed by atoms with Crippen molar-refractivity contribution in [2.75, 3.05) is 19.8 Å². The monoisotopic (exact) mass is 330 g/mol. The Hall–Kier alpha value is -2.21. The number of ether oxygens (including phenoxy) is 1. The number of hydrogen-bond donors (Lipinski definition) is 1. The molecule has 2 aromatic rings. The molecule has 5 nitrogen and oxygen atoms in total. The van der Waals surface area contributed by atoms with Gasteiger partial charge in [-0.15, -0.1) is 0 Å². The van der Waals surface area contributed by atoms with Gasteiger partial charge in [0.25, 0.3) is 5.91 Å². The maximum absolute atomic E-state index is 14.2. The van der Waals surface area contributed by atoms with Crippen LogP contribution < -0.4 is 5.56 Å². The molecule has 1 aliphatic carbocycles. The van der Waals surface area contributed by atoms with Gasteiger partial charge in [0.2, 0.25) is 5.56 Å². The molecule has 4 rings (SSSR count). The van der Waals surface area contributed by atoms with Crippen molar-refractivity contribution in [3.8, 4) is 0 Å². The van der Waals surface area contributed by atoms with Crippen LogP contribution in [-0.4, -0.2) is 41.1 Å². The van der Waals surface area contributed by atoms with E-state index in [9.17, 15) is 14.0 Å². The molecule has 0 unspecified atom stereocenters. The summed E-state index contributed by atoms with van der Waals surface area (Å²) in [5, 5.41) is 0.457. The largest absolute Gasteiger partial charge is 0.377 e. The maximum atomic E-state index is 14.2. The average molecular weight is 330 g/mol. The average Bonchev–Trinajstić information content (AvgIpc) is 2.53. The third-order valence-electron chi connectivity index (χ3n) is 5.21. The minimum absolute atomic E-state index is 0.0902. The summed E-state index contributed by atoms with van der Waals surface area (Å²) >= 11 is 0. The van der Waals surface area contributed by atoms with Gasteiger partial charge in [-0.3, -0.25) is 9.59 Å². The van der Waals surface area contributed by atoms with Crippen LogP contribution in [0.3, 0.4) is 0 Å². The number of nitrogens with zero attached hydrogens (tertiary/aromatic N) is 1. The number of H-pyrrole nitrogens is 1. The van der Waals surface area contributed by atoms with E-state index in [-0.39, 0.29) is 22.5 Å². The zero-order valence-corrected chi connectivity index (χ0v) is 13.5. The number of hydrogen-bond acceptors (Lipinski definition) is 3. The fraction of sp³-hybridized carbons (Fsp3) is 0.444. The molecule has 0 atom stereocenters. The number of aryl methyl sites for hydroxylation is 1. The number of rotatable bonds is 1. The van der Waals surface area contributed by atoms with Gasteiger partial charge in [-0.1, -0.05) is 0 Å². The number of carbonyl (C=O) groups is 1. The van der Waals surface area contributed by atoms with Crippen molar-refractivity contribution >= 4 is 16.8 Å². The van der Waals surface area contributed by atoms with Crippen molar-refractivity contribution in [3.63, 3.8) is 0 Å². The van der Waals surface area contributed by atoms with Crippen LogP contribution in [0.25, 0.3) is 10.9 Å². The van der Waals surface area contributed by atoms with Crippen LogP contribution in [0.15, 0.2) is 23.0 Å². The number of aromatic nitrogens is 1. The molecule has 1 amide bonds. The van der Waals surface area contributed by atoms with Gasteiger partial charge in [-0.2, -0.15) is 0 Å². The third-order valence-corrected chi connectivity index (χ3v) is 5.21. The van der Waals surface area contributed by atoms with Crippen LogP contribution in [-0.2, 0) is 4.74 Å². The molecule has 6 heteroatoms. The molecule has 2 fully saturated rings. The lowest BCUT2D eigenvalue weighted by Crippen LogP contribution is -2.62. The van der Waals surface area contributed by atoms with Gasteiger partial charge in [0, 0.05) is 18.0 Å². The van der Waals surface area contributed by atoms with Crippen LogP contribution in [0, 0.1) is 12.7 Å². The lowest BCUT2D eigenvalue weighted by Gasteiger charge is -2.52. The number of halogens is 1. The molecule has 1 aromatic carbocycles. The third kappa shape index (κ3) is 2.24. The molecule has 2 aliphatic rings. The van der Waals surface area contributed by atoms with Crippen LogP contribution >= 0.6 is 0 Å². The molecule has 24 heavy (non-hydrogen) atoms. The van der Waals surface area contributed by atoms with Crippen LogP contribution in [0.4, 0.5) is 4.39 Å². The summed E-state index contributed by atoms with van der Waals surface area (Å²) in [7, 11) is 0. The second kappa shape index (κ2) is 5.41. The highest BCUT2D eigenvalue weighted by atomic mass is 19.1. The topological polar surface area (TPSA) is 62.4 Å². The number of fused-ring (bicyclic) bond motifs is 1. The van der Waals surface area contributed by atoms with E-state index in [0.717, 1.165) is 19.3 Å². The highest BCUT2D eigenvalue weighted by Gasteiger charge is 2.47. The smallest absolute Gasteiger partial charge is 0.255 e. The predicted molar refractivity (Wildman–Crippen MR) is 87.7 cm³/mol. The minimum Gasteiger partial charge on any atom is -0.377 e. The Bertz CT molecular complexity index is 886. The van der Waals surface area contributed by atoms with Crippen molar-refractivity contribution in [3.05, 3.63) is 45.5 Å². The van der Waals surface area contributed by atoms with E-state index in [1.165, 1.54) is 12.1 Å². The van der Waals surface area contributed by atoms with E-state index in [1.807, 2.05) is 4.90 Å². The second-order valence-corrected chi connectivity index (χ2v) is 6.80. The standard InChI is InChI=1S/C18H19FN2O3/c1-11-7-12-13(9-15(22)20-16(12)14(19)8-11)17(23)21-5-6-24-10-18(21)3-2-4-18/h7-9H,2-6,10H2,1H3,(H,20,22). The zero-order chi connectivity index (χ0) is 16.9. The molecule has 0 radical (unpaired) electrons. The van der Waals surface area contributed by atoms with Gasteiger partial charge in [-0.05, 0) is 43.9 Å². The van der Waals surface area contributed by atoms with Gasteiger partial charge in [0.15, 0.2) is 0 Å². The van der Waals surface area contributed by atoms with E-state index in [1.54, 1.807) is 13.0 Å². The summed E-state index contributed by atoms with van der Waals surface area (Å²) in [4.78, 5) is 29.5. The number of pyridine rings is 1. The number of amides is 1. The first kappa shape index (κ1) is 15.3. The van der Waals surface area contributed by atoms with E-state index < -0.39 is 11.4 Å². The highest BCUT2D eigenvalue weighted by molar-refractivity contribution is 6.06. The molecule has 1 saturated carbocycles. The summed E-state index contributed by atoms with van der Waals surface area (Å²) in [6.45, 7) is 3.29. The molecule has 126 valence electrons. The van der Waals surface area contributed by atoms with Crippen molar-refractivity contribution in [2.45, 2.75) is 31.7 Å². The predicted octanol–water partition coefficient (Wildman–Crippen LogP) is 2.37. The van der Waals surface area contributed by atoms with E-state index in [4.69, 9.17) is 4.74 Å². The van der Waals surface area contributed by atoms with E-state index >= 15 is 0 Å². The zero-order valence-electron chi connectivity index (χ0n) is 13.5. The van der Waals surface area contributed by atoms with Gasteiger partial charge < -0.3 is 14.6 Å². The molecule has 1 aromatic heterocycles. The lowest BCUT2D eigenvalue weighted by molar-refractivity contribution is -0.0876. The quantitative estimate of drug-likeness (QED) is 0.873. The lowest BCUT2D eigenvalue weighted by atomic mass is 9.75. The van der Waals surface area contributed by atoms with Gasteiger partial charge in [0.05, 0.1) is 29.8 Å². The Morgan fingerprint density at radius 1 is 1.33 bits per heavy atom. The normalized spacial score (nSPS) is 19.5. The van der Waals surface area contributed by atoms with Crippen molar-refractivity contribution in [1.82, 2.24) is 9.88 Å². The van der Waals surface area contributed by atoms with Crippen molar-refractivity contribution in [2.24, 2.45) is 0 Å². The van der Waals surface area contributed by atoms with E-state index in [2.05, 4.69) is 4.98 Å². The Kier molecular flexibility index (Phi) is 3.46. The molecule has 1 aliphatic heterocycles. The summed E-state index contributed by atoms with van der Waals surface area (Å²) < 4.78 is 19.8. The molecule has 1 N–H and O–H groups in total. The highest BCUT2D eigenvalue weighted by Crippen LogP contribution is 2.40. The number of benzene rings is 1. The first-order valence-electron chi connectivity index (χ1n) is 8.23. The summed E-state index contributed by atoms with van der Waals surface area (Å²) in [6.07, 6.45) is 2.89. The van der Waals surface area contributed by atoms with Crippen LogP contribution in [0.2, 0.25) is 0 Å². The van der Waals surface area contributed by atoms with Crippen LogP contribution in [0.5, 0.6) is 0 Å².